The van der Waals surface area contributed by atoms with Crippen molar-refractivity contribution in [1.29, 1.82) is 0 Å². The van der Waals surface area contributed by atoms with Crippen molar-refractivity contribution in [2.75, 3.05) is 0 Å². The molecule has 1 nitrogen and oxygen atoms in total. The molecule has 2 rings (SSSR count). The summed E-state index contributed by atoms with van der Waals surface area (Å²) in [5.74, 6) is 6.34. The number of fused-ring (bicyclic) bond motifs is 1. The molecule has 0 saturated heterocycles. The third kappa shape index (κ3) is 3.61. The summed E-state index contributed by atoms with van der Waals surface area (Å²) in [6.07, 6.45) is 8.47. The Kier molecular flexibility index (Phi) is 5.62. The number of benzene rings is 1. The average Bonchev–Trinajstić information content (AvgIpc) is 2.50. The molecule has 1 heteroatoms. The number of aryl methyl sites for hydroxylation is 2. The number of hydrogen-bond donors (Lipinski definition) is 0. The first-order valence-electron chi connectivity index (χ1n) is 7.68. The van der Waals surface area contributed by atoms with Crippen LogP contribution in [0.25, 0.3) is 10.8 Å². The molecule has 104 valence electrons. The maximum atomic E-state index is 4.68. The van der Waals surface area contributed by atoms with Crippen molar-refractivity contribution in [3.8, 4) is 11.8 Å². The van der Waals surface area contributed by atoms with Crippen LogP contribution in [-0.2, 0) is 12.8 Å². The zero-order valence-electron chi connectivity index (χ0n) is 12.6. The number of pyridine rings is 1. The summed E-state index contributed by atoms with van der Waals surface area (Å²) >= 11 is 0. The maximum Gasteiger partial charge on any atom is 0.0441 e. The standard InChI is InChI=1S/C19H23N/c1-3-5-6-7-8-9-14-19-17(4-2)18-13-11-10-12-16(18)15-20-19/h10-13,15H,3-4,7-9,14H2,1-2H3. The van der Waals surface area contributed by atoms with Crippen molar-refractivity contribution in [2.24, 2.45) is 0 Å². The molecule has 1 heterocycles. The molecule has 0 atom stereocenters. The maximum absolute atomic E-state index is 4.68. The lowest BCUT2D eigenvalue weighted by molar-refractivity contribution is 0.737. The minimum Gasteiger partial charge on any atom is -0.260 e. The van der Waals surface area contributed by atoms with E-state index >= 15 is 0 Å². The zero-order chi connectivity index (χ0) is 14.2. The highest BCUT2D eigenvalue weighted by Crippen LogP contribution is 2.22. The highest BCUT2D eigenvalue weighted by Gasteiger charge is 2.06. The van der Waals surface area contributed by atoms with Crippen LogP contribution in [0.5, 0.6) is 0 Å². The van der Waals surface area contributed by atoms with E-state index in [2.05, 4.69) is 54.9 Å². The molecule has 1 aromatic carbocycles. The SMILES string of the molecule is CCC#CCCCCc1ncc2ccccc2c1CC. The Bertz CT molecular complexity index is 616. The third-order valence-electron chi connectivity index (χ3n) is 3.61. The molecule has 0 amide bonds. The number of unbranched alkanes of at least 4 members (excludes halogenated alkanes) is 2. The zero-order valence-corrected chi connectivity index (χ0v) is 12.6. The Morgan fingerprint density at radius 2 is 1.90 bits per heavy atom. The van der Waals surface area contributed by atoms with Crippen molar-refractivity contribution in [2.45, 2.75) is 52.4 Å². The Labute approximate surface area is 122 Å². The second-order valence-corrected chi connectivity index (χ2v) is 5.04. The molecule has 0 aliphatic rings. The largest absolute Gasteiger partial charge is 0.260 e. The lowest BCUT2D eigenvalue weighted by atomic mass is 9.99. The van der Waals surface area contributed by atoms with Crippen molar-refractivity contribution in [3.05, 3.63) is 41.7 Å². The van der Waals surface area contributed by atoms with Gasteiger partial charge in [-0.05, 0) is 36.6 Å². The molecule has 0 N–H and O–H groups in total. The van der Waals surface area contributed by atoms with E-state index in [0.29, 0.717) is 0 Å². The van der Waals surface area contributed by atoms with Gasteiger partial charge in [0.1, 0.15) is 0 Å². The Hall–Kier alpha value is -1.81. The summed E-state index contributed by atoms with van der Waals surface area (Å²) in [4.78, 5) is 4.68. The summed E-state index contributed by atoms with van der Waals surface area (Å²) < 4.78 is 0. The van der Waals surface area contributed by atoms with Gasteiger partial charge in [-0.25, -0.2) is 0 Å². The summed E-state index contributed by atoms with van der Waals surface area (Å²) in [6, 6.07) is 8.55. The average molecular weight is 265 g/mol. The van der Waals surface area contributed by atoms with E-state index in [1.165, 1.54) is 34.9 Å². The molecule has 0 saturated carbocycles. The van der Waals surface area contributed by atoms with E-state index < -0.39 is 0 Å². The topological polar surface area (TPSA) is 12.9 Å². The fourth-order valence-corrected chi connectivity index (χ4v) is 2.59. The predicted molar refractivity (Wildman–Crippen MR) is 86.7 cm³/mol. The number of nitrogens with zero attached hydrogens (tertiary/aromatic N) is 1. The number of hydrogen-bond acceptors (Lipinski definition) is 1. The summed E-state index contributed by atoms with van der Waals surface area (Å²) in [5, 5.41) is 2.62. The Morgan fingerprint density at radius 1 is 1.05 bits per heavy atom. The molecule has 0 aliphatic heterocycles. The van der Waals surface area contributed by atoms with Crippen molar-refractivity contribution in [1.82, 2.24) is 4.98 Å². The lowest BCUT2D eigenvalue weighted by Crippen LogP contribution is -1.98. The van der Waals surface area contributed by atoms with Gasteiger partial charge in [0.05, 0.1) is 0 Å². The van der Waals surface area contributed by atoms with Crippen LogP contribution in [0.4, 0.5) is 0 Å². The lowest BCUT2D eigenvalue weighted by Gasteiger charge is -2.10. The quantitative estimate of drug-likeness (QED) is 0.552. The first-order valence-corrected chi connectivity index (χ1v) is 7.68. The van der Waals surface area contributed by atoms with Crippen LogP contribution in [0.15, 0.2) is 30.5 Å². The molecule has 0 bridgehead atoms. The fourth-order valence-electron chi connectivity index (χ4n) is 2.59. The van der Waals surface area contributed by atoms with Gasteiger partial charge in [-0.2, -0.15) is 0 Å². The van der Waals surface area contributed by atoms with Crippen molar-refractivity contribution >= 4 is 10.8 Å². The van der Waals surface area contributed by atoms with E-state index in [0.717, 1.165) is 25.7 Å². The monoisotopic (exact) mass is 265 g/mol. The molecule has 0 radical (unpaired) electrons. The second kappa shape index (κ2) is 7.70. The molecule has 0 unspecified atom stereocenters. The Morgan fingerprint density at radius 3 is 2.70 bits per heavy atom. The van der Waals surface area contributed by atoms with Crippen LogP contribution >= 0.6 is 0 Å². The van der Waals surface area contributed by atoms with Crippen LogP contribution in [-0.4, -0.2) is 4.98 Å². The van der Waals surface area contributed by atoms with Gasteiger partial charge in [0.15, 0.2) is 0 Å². The molecular weight excluding hydrogens is 242 g/mol. The van der Waals surface area contributed by atoms with Crippen LogP contribution in [0, 0.1) is 11.8 Å². The van der Waals surface area contributed by atoms with E-state index in [1.807, 2.05) is 6.20 Å². The highest BCUT2D eigenvalue weighted by atomic mass is 14.7. The van der Waals surface area contributed by atoms with Crippen LogP contribution < -0.4 is 0 Å². The van der Waals surface area contributed by atoms with Crippen molar-refractivity contribution < 1.29 is 0 Å². The van der Waals surface area contributed by atoms with Gasteiger partial charge >= 0.3 is 0 Å². The van der Waals surface area contributed by atoms with E-state index in [-0.39, 0.29) is 0 Å². The van der Waals surface area contributed by atoms with Gasteiger partial charge < -0.3 is 0 Å². The molecule has 0 aliphatic carbocycles. The summed E-state index contributed by atoms with van der Waals surface area (Å²) in [5.41, 5.74) is 2.69. The number of aromatic nitrogens is 1. The molecular formula is C19H23N. The minimum atomic E-state index is 0.964. The van der Waals surface area contributed by atoms with Gasteiger partial charge in [-0.15, -0.1) is 11.8 Å². The third-order valence-corrected chi connectivity index (χ3v) is 3.61. The minimum absolute atomic E-state index is 0.964. The predicted octanol–water partition coefficient (Wildman–Crippen LogP) is 4.92. The fraction of sp³-hybridized carbons (Fsp3) is 0.421. The van der Waals surface area contributed by atoms with Crippen LogP contribution in [0.3, 0.4) is 0 Å². The number of rotatable bonds is 5. The van der Waals surface area contributed by atoms with Crippen LogP contribution in [0.1, 0.15) is 50.8 Å². The van der Waals surface area contributed by atoms with Gasteiger partial charge in [0, 0.05) is 30.1 Å². The van der Waals surface area contributed by atoms with E-state index in [4.69, 9.17) is 0 Å². The normalized spacial score (nSPS) is 10.3. The van der Waals surface area contributed by atoms with Crippen LogP contribution in [0.2, 0.25) is 0 Å². The molecule has 2 aromatic rings. The van der Waals surface area contributed by atoms with Gasteiger partial charge in [0.2, 0.25) is 0 Å². The van der Waals surface area contributed by atoms with Crippen molar-refractivity contribution in [3.63, 3.8) is 0 Å². The first kappa shape index (κ1) is 14.6. The molecule has 20 heavy (non-hydrogen) atoms. The van der Waals surface area contributed by atoms with Gasteiger partial charge in [0.25, 0.3) is 0 Å². The highest BCUT2D eigenvalue weighted by molar-refractivity contribution is 5.85. The molecule has 0 spiro atoms. The smallest absolute Gasteiger partial charge is 0.0441 e. The van der Waals surface area contributed by atoms with Gasteiger partial charge in [-0.3, -0.25) is 4.98 Å². The molecule has 0 fully saturated rings. The Balaban J connectivity index is 2.06. The molecule has 1 aromatic heterocycles. The van der Waals surface area contributed by atoms with E-state index in [1.54, 1.807) is 0 Å². The van der Waals surface area contributed by atoms with Gasteiger partial charge in [-0.1, -0.05) is 38.1 Å². The first-order chi connectivity index (χ1) is 9.86. The van der Waals surface area contributed by atoms with E-state index in [9.17, 15) is 0 Å². The summed E-state index contributed by atoms with van der Waals surface area (Å²) in [7, 11) is 0. The second-order valence-electron chi connectivity index (χ2n) is 5.04. The summed E-state index contributed by atoms with van der Waals surface area (Å²) in [6.45, 7) is 4.32.